The Morgan fingerprint density at radius 3 is 3.21 bits per heavy atom. The van der Waals surface area contributed by atoms with Crippen LogP contribution in [-0.2, 0) is 4.74 Å². The molecule has 2 aliphatic heterocycles. The summed E-state index contributed by atoms with van der Waals surface area (Å²) in [5.41, 5.74) is 0. The molecule has 1 aromatic heterocycles. The normalized spacial score (nSPS) is 27.3. The Bertz CT molecular complexity index is 458. The number of aromatic nitrogens is 1. The molecule has 0 bridgehead atoms. The van der Waals surface area contributed by atoms with E-state index in [2.05, 4.69) is 15.2 Å². The van der Waals surface area contributed by atoms with E-state index < -0.39 is 0 Å². The second kappa shape index (κ2) is 5.83. The van der Waals surface area contributed by atoms with Gasteiger partial charge in [0.15, 0.2) is 0 Å². The molecule has 0 aliphatic carbocycles. The molecular weight excluding hydrogens is 285 g/mol. The number of hydrogen-bond donors (Lipinski definition) is 1. The van der Waals surface area contributed by atoms with E-state index in [-0.39, 0.29) is 6.10 Å². The van der Waals surface area contributed by atoms with E-state index in [1.54, 1.807) is 12.3 Å². The summed E-state index contributed by atoms with van der Waals surface area (Å²) >= 11 is 11.9. The van der Waals surface area contributed by atoms with Gasteiger partial charge in [-0.2, -0.15) is 0 Å². The Morgan fingerprint density at radius 2 is 2.37 bits per heavy atom. The first-order chi connectivity index (χ1) is 9.22. The highest BCUT2D eigenvalue weighted by atomic mass is 35.5. The van der Waals surface area contributed by atoms with Crippen molar-refractivity contribution in [3.8, 4) is 0 Å². The van der Waals surface area contributed by atoms with Gasteiger partial charge in [-0.1, -0.05) is 23.2 Å². The summed E-state index contributed by atoms with van der Waals surface area (Å²) in [6.45, 7) is 3.75. The Hall–Kier alpha value is -0.550. The topological polar surface area (TPSA) is 37.4 Å². The third-order valence-corrected chi connectivity index (χ3v) is 4.26. The number of hydrogen-bond acceptors (Lipinski definition) is 4. The average Bonchev–Trinajstić information content (AvgIpc) is 2.85. The van der Waals surface area contributed by atoms with Crippen molar-refractivity contribution in [1.82, 2.24) is 9.88 Å². The number of nitrogens with one attached hydrogen (secondary N) is 1. The van der Waals surface area contributed by atoms with Gasteiger partial charge in [0.05, 0.1) is 22.8 Å². The zero-order valence-electron chi connectivity index (χ0n) is 10.6. The predicted molar refractivity (Wildman–Crippen MR) is 77.1 cm³/mol. The number of morpholine rings is 1. The molecule has 104 valence electrons. The minimum absolute atomic E-state index is 0.197. The summed E-state index contributed by atoms with van der Waals surface area (Å²) < 4.78 is 5.88. The molecule has 2 unspecified atom stereocenters. The summed E-state index contributed by atoms with van der Waals surface area (Å²) in [5.74, 6) is 0.665. The maximum Gasteiger partial charge on any atom is 0.144 e. The largest absolute Gasteiger partial charge is 0.373 e. The molecule has 0 amide bonds. The Labute approximate surface area is 123 Å². The van der Waals surface area contributed by atoms with Crippen molar-refractivity contribution >= 4 is 29.0 Å². The Morgan fingerprint density at radius 1 is 1.47 bits per heavy atom. The standard InChI is InChI=1S/C13H17Cl2N3O/c14-9-4-12(15)13(16-5-9)17-6-11-7-18-3-1-2-10(18)8-19-11/h4-5,10-11H,1-3,6-8H2,(H,16,17). The van der Waals surface area contributed by atoms with Crippen LogP contribution in [0.3, 0.4) is 0 Å². The molecule has 3 heterocycles. The van der Waals surface area contributed by atoms with Crippen LogP contribution in [0.2, 0.25) is 10.0 Å². The summed E-state index contributed by atoms with van der Waals surface area (Å²) in [6, 6.07) is 2.32. The highest BCUT2D eigenvalue weighted by molar-refractivity contribution is 6.35. The second-order valence-corrected chi connectivity index (χ2v) is 5.95. The van der Waals surface area contributed by atoms with E-state index >= 15 is 0 Å². The molecule has 2 saturated heterocycles. The third kappa shape index (κ3) is 3.14. The van der Waals surface area contributed by atoms with Gasteiger partial charge < -0.3 is 10.1 Å². The summed E-state index contributed by atoms with van der Waals surface area (Å²) in [7, 11) is 0. The van der Waals surface area contributed by atoms with Crippen LogP contribution >= 0.6 is 23.2 Å². The van der Waals surface area contributed by atoms with Gasteiger partial charge in [0.25, 0.3) is 0 Å². The van der Waals surface area contributed by atoms with Crippen molar-refractivity contribution in [2.75, 3.05) is 31.6 Å². The van der Waals surface area contributed by atoms with Crippen LogP contribution in [0.4, 0.5) is 5.82 Å². The van der Waals surface area contributed by atoms with Crippen LogP contribution in [0.5, 0.6) is 0 Å². The van der Waals surface area contributed by atoms with Crippen molar-refractivity contribution in [2.24, 2.45) is 0 Å². The van der Waals surface area contributed by atoms with Crippen molar-refractivity contribution in [1.29, 1.82) is 0 Å². The lowest BCUT2D eigenvalue weighted by atomic mass is 10.2. The third-order valence-electron chi connectivity index (χ3n) is 3.77. The minimum atomic E-state index is 0.197. The number of rotatable bonds is 3. The average molecular weight is 302 g/mol. The molecule has 3 rings (SSSR count). The summed E-state index contributed by atoms with van der Waals surface area (Å²) in [5, 5.41) is 4.33. The fraction of sp³-hybridized carbons (Fsp3) is 0.615. The number of ether oxygens (including phenoxy) is 1. The maximum atomic E-state index is 6.08. The smallest absolute Gasteiger partial charge is 0.144 e. The van der Waals surface area contributed by atoms with Crippen molar-refractivity contribution in [3.05, 3.63) is 22.3 Å². The van der Waals surface area contributed by atoms with Crippen LogP contribution in [0.25, 0.3) is 0 Å². The van der Waals surface area contributed by atoms with E-state index in [4.69, 9.17) is 27.9 Å². The van der Waals surface area contributed by atoms with E-state index in [0.29, 0.717) is 21.9 Å². The van der Waals surface area contributed by atoms with Crippen molar-refractivity contribution < 1.29 is 4.74 Å². The van der Waals surface area contributed by atoms with Crippen LogP contribution in [-0.4, -0.2) is 48.3 Å². The second-order valence-electron chi connectivity index (χ2n) is 5.11. The van der Waals surface area contributed by atoms with E-state index in [0.717, 1.165) is 19.7 Å². The number of halogens is 2. The van der Waals surface area contributed by atoms with Crippen LogP contribution in [0.15, 0.2) is 12.3 Å². The van der Waals surface area contributed by atoms with Crippen LogP contribution in [0, 0.1) is 0 Å². The minimum Gasteiger partial charge on any atom is -0.373 e. The molecule has 2 aliphatic rings. The number of nitrogens with zero attached hydrogens (tertiary/aromatic N) is 2. The highest BCUT2D eigenvalue weighted by Gasteiger charge is 2.32. The summed E-state index contributed by atoms with van der Waals surface area (Å²) in [6.07, 6.45) is 4.35. The molecule has 4 nitrogen and oxygen atoms in total. The molecule has 0 spiro atoms. The lowest BCUT2D eigenvalue weighted by molar-refractivity contribution is -0.0416. The van der Waals surface area contributed by atoms with Gasteiger partial charge in [0, 0.05) is 25.3 Å². The molecule has 0 radical (unpaired) electrons. The van der Waals surface area contributed by atoms with Crippen LogP contribution in [0.1, 0.15) is 12.8 Å². The van der Waals surface area contributed by atoms with Gasteiger partial charge in [0.1, 0.15) is 5.82 Å². The first-order valence-corrected chi connectivity index (χ1v) is 7.38. The molecule has 0 aromatic carbocycles. The molecule has 19 heavy (non-hydrogen) atoms. The highest BCUT2D eigenvalue weighted by Crippen LogP contribution is 2.25. The summed E-state index contributed by atoms with van der Waals surface area (Å²) in [4.78, 5) is 6.71. The zero-order valence-corrected chi connectivity index (χ0v) is 12.1. The quantitative estimate of drug-likeness (QED) is 0.931. The van der Waals surface area contributed by atoms with E-state index in [9.17, 15) is 0 Å². The molecule has 6 heteroatoms. The Kier molecular flexibility index (Phi) is 4.12. The van der Waals surface area contributed by atoms with Gasteiger partial charge in [-0.15, -0.1) is 0 Å². The molecular formula is C13H17Cl2N3O. The fourth-order valence-corrected chi connectivity index (χ4v) is 3.21. The van der Waals surface area contributed by atoms with Crippen LogP contribution < -0.4 is 5.32 Å². The van der Waals surface area contributed by atoms with E-state index in [1.807, 2.05) is 0 Å². The van der Waals surface area contributed by atoms with Gasteiger partial charge >= 0.3 is 0 Å². The van der Waals surface area contributed by atoms with Gasteiger partial charge in [-0.05, 0) is 25.5 Å². The van der Waals surface area contributed by atoms with E-state index in [1.165, 1.54) is 19.4 Å². The van der Waals surface area contributed by atoms with Gasteiger partial charge in [0.2, 0.25) is 0 Å². The molecule has 1 aromatic rings. The fourth-order valence-electron chi connectivity index (χ4n) is 2.76. The van der Waals surface area contributed by atoms with Gasteiger partial charge in [-0.3, -0.25) is 4.90 Å². The lowest BCUT2D eigenvalue weighted by Crippen LogP contribution is -2.48. The molecule has 1 N–H and O–H groups in total. The number of fused-ring (bicyclic) bond motifs is 1. The monoisotopic (exact) mass is 301 g/mol. The molecule has 2 fully saturated rings. The lowest BCUT2D eigenvalue weighted by Gasteiger charge is -2.35. The Balaban J connectivity index is 1.54. The van der Waals surface area contributed by atoms with Crippen molar-refractivity contribution in [3.63, 3.8) is 0 Å². The number of pyridine rings is 1. The predicted octanol–water partition coefficient (Wildman–Crippen LogP) is 2.66. The SMILES string of the molecule is Clc1cnc(NCC2CN3CCCC3CO2)c(Cl)c1. The van der Waals surface area contributed by atoms with Crippen molar-refractivity contribution in [2.45, 2.75) is 25.0 Å². The zero-order chi connectivity index (χ0) is 13.2. The number of anilines is 1. The maximum absolute atomic E-state index is 6.08. The first kappa shape index (κ1) is 13.4. The molecule has 0 saturated carbocycles. The first-order valence-electron chi connectivity index (χ1n) is 6.63. The van der Waals surface area contributed by atoms with Gasteiger partial charge in [-0.25, -0.2) is 4.98 Å². The molecule has 2 atom stereocenters.